The van der Waals surface area contributed by atoms with Crippen LogP contribution in [-0.4, -0.2) is 33.7 Å². The molecule has 0 aliphatic carbocycles. The van der Waals surface area contributed by atoms with Crippen molar-refractivity contribution in [1.82, 2.24) is 9.55 Å². The molecule has 1 aromatic rings. The normalized spacial score (nSPS) is 18.2. The summed E-state index contributed by atoms with van der Waals surface area (Å²) in [6, 6.07) is 0. The number of carboxylic acid groups (broad SMARTS) is 1. The molecule has 0 amide bonds. The number of carbonyl (C=O) groups excluding carboxylic acids is 1. The predicted molar refractivity (Wildman–Crippen MR) is 67.1 cm³/mol. The number of esters is 1. The van der Waals surface area contributed by atoms with Crippen LogP contribution in [0.2, 0.25) is 0 Å². The van der Waals surface area contributed by atoms with Crippen LogP contribution >= 0.6 is 0 Å². The zero-order chi connectivity index (χ0) is 14.2. The van der Waals surface area contributed by atoms with Gasteiger partial charge in [0.15, 0.2) is 5.69 Å². The first kappa shape index (κ1) is 13.6. The molecule has 1 aromatic heterocycles. The van der Waals surface area contributed by atoms with Crippen molar-refractivity contribution in [2.24, 2.45) is 5.92 Å². The maximum Gasteiger partial charge on any atom is 0.356 e. The minimum absolute atomic E-state index is 0.0669. The molecule has 6 heteroatoms. The van der Waals surface area contributed by atoms with Gasteiger partial charge >= 0.3 is 11.9 Å². The Labute approximate surface area is 111 Å². The third-order valence-electron chi connectivity index (χ3n) is 3.50. The van der Waals surface area contributed by atoms with Gasteiger partial charge < -0.3 is 14.4 Å². The number of methoxy groups -OCH3 is 1. The van der Waals surface area contributed by atoms with E-state index in [0.717, 1.165) is 5.82 Å². The number of aromatic nitrogens is 2. The summed E-state index contributed by atoms with van der Waals surface area (Å²) in [5, 5.41) is 9.23. The van der Waals surface area contributed by atoms with Crippen LogP contribution in [0.5, 0.6) is 0 Å². The fourth-order valence-electron chi connectivity index (χ4n) is 2.56. The molecular formula is C13H18N2O4. The van der Waals surface area contributed by atoms with Gasteiger partial charge in [-0.2, -0.15) is 0 Å². The van der Waals surface area contributed by atoms with Crippen molar-refractivity contribution < 1.29 is 19.4 Å². The van der Waals surface area contributed by atoms with Gasteiger partial charge in [-0.25, -0.2) is 9.78 Å². The van der Waals surface area contributed by atoms with Crippen molar-refractivity contribution in [2.75, 3.05) is 7.11 Å². The molecule has 0 saturated carbocycles. The van der Waals surface area contributed by atoms with Crippen LogP contribution in [0.25, 0.3) is 0 Å². The number of nitrogens with zero attached hydrogens (tertiary/aromatic N) is 2. The largest absolute Gasteiger partial charge is 0.476 e. The van der Waals surface area contributed by atoms with E-state index in [1.54, 1.807) is 0 Å². The zero-order valence-corrected chi connectivity index (χ0v) is 11.3. The molecule has 1 atom stereocenters. The van der Waals surface area contributed by atoms with E-state index in [4.69, 9.17) is 4.74 Å². The summed E-state index contributed by atoms with van der Waals surface area (Å²) in [5.74, 6) is -0.666. The number of ether oxygens (including phenoxy) is 1. The second kappa shape index (κ2) is 5.03. The van der Waals surface area contributed by atoms with Crippen molar-refractivity contribution >= 4 is 11.9 Å². The van der Waals surface area contributed by atoms with Gasteiger partial charge in [-0.05, 0) is 6.42 Å². The molecule has 0 bridgehead atoms. The minimum atomic E-state index is -1.04. The number of hydrogen-bond acceptors (Lipinski definition) is 4. The van der Waals surface area contributed by atoms with Crippen LogP contribution in [0.4, 0.5) is 0 Å². The van der Waals surface area contributed by atoms with Gasteiger partial charge in [0.25, 0.3) is 0 Å². The molecule has 1 N–H and O–H groups in total. The number of carboxylic acids is 1. The summed E-state index contributed by atoms with van der Waals surface area (Å²) in [5.41, 5.74) is 0.704. The summed E-state index contributed by atoms with van der Waals surface area (Å²) in [7, 11) is 1.35. The first-order valence-electron chi connectivity index (χ1n) is 6.36. The number of hydrogen-bond donors (Lipinski definition) is 1. The van der Waals surface area contributed by atoms with Gasteiger partial charge in [-0.15, -0.1) is 0 Å². The van der Waals surface area contributed by atoms with Crippen LogP contribution in [0.3, 0.4) is 0 Å². The van der Waals surface area contributed by atoms with Crippen LogP contribution < -0.4 is 0 Å². The topological polar surface area (TPSA) is 81.4 Å². The van der Waals surface area contributed by atoms with Gasteiger partial charge in [-0.1, -0.05) is 13.8 Å². The Balaban J connectivity index is 2.42. The van der Waals surface area contributed by atoms with Gasteiger partial charge in [0, 0.05) is 18.9 Å². The van der Waals surface area contributed by atoms with E-state index in [0.29, 0.717) is 25.1 Å². The third-order valence-corrected chi connectivity index (χ3v) is 3.50. The average molecular weight is 266 g/mol. The van der Waals surface area contributed by atoms with Crippen molar-refractivity contribution in [1.29, 1.82) is 0 Å². The first-order valence-corrected chi connectivity index (χ1v) is 6.36. The SMILES string of the molecule is COC(=O)C1CCn2c(C(C)C)nc(C(=O)O)c2C1. The Kier molecular flexibility index (Phi) is 3.59. The lowest BCUT2D eigenvalue weighted by Crippen LogP contribution is -2.28. The second-order valence-electron chi connectivity index (χ2n) is 5.09. The number of aromatic carboxylic acids is 1. The minimum Gasteiger partial charge on any atom is -0.476 e. The Hall–Kier alpha value is -1.85. The number of fused-ring (bicyclic) bond motifs is 1. The van der Waals surface area contributed by atoms with Gasteiger partial charge in [0.2, 0.25) is 0 Å². The highest BCUT2D eigenvalue weighted by molar-refractivity contribution is 5.87. The molecule has 0 saturated heterocycles. The molecule has 6 nitrogen and oxygen atoms in total. The Bertz CT molecular complexity index is 519. The van der Waals surface area contributed by atoms with E-state index in [9.17, 15) is 14.7 Å². The molecule has 0 aromatic carbocycles. The Morgan fingerprint density at radius 2 is 2.16 bits per heavy atom. The number of imidazole rings is 1. The van der Waals surface area contributed by atoms with E-state index in [1.807, 2.05) is 18.4 Å². The van der Waals surface area contributed by atoms with E-state index >= 15 is 0 Å². The van der Waals surface area contributed by atoms with Crippen LogP contribution in [0, 0.1) is 5.92 Å². The molecular weight excluding hydrogens is 248 g/mol. The molecule has 2 rings (SSSR count). The van der Waals surface area contributed by atoms with Crippen LogP contribution in [0.15, 0.2) is 0 Å². The first-order chi connectivity index (χ1) is 8.95. The quantitative estimate of drug-likeness (QED) is 0.837. The lowest BCUT2D eigenvalue weighted by Gasteiger charge is -2.24. The third kappa shape index (κ3) is 2.34. The molecule has 0 radical (unpaired) electrons. The van der Waals surface area contributed by atoms with Crippen molar-refractivity contribution in [3.05, 3.63) is 17.2 Å². The molecule has 0 fully saturated rings. The molecule has 1 aliphatic heterocycles. The van der Waals surface area contributed by atoms with Crippen molar-refractivity contribution in [3.63, 3.8) is 0 Å². The summed E-state index contributed by atoms with van der Waals surface area (Å²) in [6.07, 6.45) is 1.04. The lowest BCUT2D eigenvalue weighted by atomic mass is 9.95. The van der Waals surface area contributed by atoms with Crippen molar-refractivity contribution in [3.8, 4) is 0 Å². The highest BCUT2D eigenvalue weighted by Crippen LogP contribution is 2.28. The van der Waals surface area contributed by atoms with Crippen LogP contribution in [-0.2, 0) is 22.5 Å². The molecule has 1 unspecified atom stereocenters. The monoisotopic (exact) mass is 266 g/mol. The van der Waals surface area contributed by atoms with E-state index < -0.39 is 5.97 Å². The Morgan fingerprint density at radius 1 is 1.47 bits per heavy atom. The van der Waals surface area contributed by atoms with Gasteiger partial charge in [-0.3, -0.25) is 4.79 Å². The second-order valence-corrected chi connectivity index (χ2v) is 5.09. The van der Waals surface area contributed by atoms with E-state index in [1.165, 1.54) is 7.11 Å². The summed E-state index contributed by atoms with van der Waals surface area (Å²) >= 11 is 0. The molecule has 2 heterocycles. The average Bonchev–Trinajstić information content (AvgIpc) is 2.76. The zero-order valence-electron chi connectivity index (χ0n) is 11.3. The van der Waals surface area contributed by atoms with E-state index in [-0.39, 0.29) is 23.5 Å². The summed E-state index contributed by atoms with van der Waals surface area (Å²) < 4.78 is 6.68. The van der Waals surface area contributed by atoms with Gasteiger partial charge in [0.1, 0.15) is 5.82 Å². The van der Waals surface area contributed by atoms with Crippen molar-refractivity contribution in [2.45, 2.75) is 39.2 Å². The highest BCUT2D eigenvalue weighted by Gasteiger charge is 2.32. The molecule has 104 valence electrons. The van der Waals surface area contributed by atoms with Gasteiger partial charge in [0.05, 0.1) is 18.7 Å². The number of rotatable bonds is 3. The maximum atomic E-state index is 11.6. The highest BCUT2D eigenvalue weighted by atomic mass is 16.5. The fourth-order valence-corrected chi connectivity index (χ4v) is 2.56. The fraction of sp³-hybridized carbons (Fsp3) is 0.615. The van der Waals surface area contributed by atoms with E-state index in [2.05, 4.69) is 4.98 Å². The molecule has 1 aliphatic rings. The predicted octanol–water partition coefficient (Wildman–Crippen LogP) is 1.44. The lowest BCUT2D eigenvalue weighted by molar-refractivity contribution is -0.146. The standard InChI is InChI=1S/C13H18N2O4/c1-7(2)11-14-10(12(16)17)9-6-8(13(18)19-3)4-5-15(9)11/h7-8H,4-6H2,1-3H3,(H,16,17). The smallest absolute Gasteiger partial charge is 0.356 e. The Morgan fingerprint density at radius 3 is 2.68 bits per heavy atom. The number of carbonyl (C=O) groups is 2. The van der Waals surface area contributed by atoms with Crippen LogP contribution in [0.1, 0.15) is 48.2 Å². The summed E-state index contributed by atoms with van der Waals surface area (Å²) in [4.78, 5) is 27.1. The maximum absolute atomic E-state index is 11.6. The molecule has 19 heavy (non-hydrogen) atoms. The summed E-state index contributed by atoms with van der Waals surface area (Å²) in [6.45, 7) is 4.57. The molecule has 0 spiro atoms.